The monoisotopic (exact) mass is 339 g/mol. The highest BCUT2D eigenvalue weighted by molar-refractivity contribution is 8.18. The van der Waals surface area contributed by atoms with Crippen molar-refractivity contribution < 1.29 is 27.2 Å². The summed E-state index contributed by atoms with van der Waals surface area (Å²) in [6.45, 7) is 0. The van der Waals surface area contributed by atoms with Crippen molar-refractivity contribution >= 4 is 29.0 Å². The lowest BCUT2D eigenvalue weighted by Gasteiger charge is -2.10. The van der Waals surface area contributed by atoms with Crippen LogP contribution in [-0.4, -0.2) is 11.1 Å². The van der Waals surface area contributed by atoms with E-state index in [1.165, 1.54) is 36.4 Å². The zero-order valence-corrected chi connectivity index (χ0v) is 12.1. The Morgan fingerprint density at radius 2 is 1.83 bits per heavy atom. The van der Waals surface area contributed by atoms with Gasteiger partial charge < -0.3 is 4.42 Å². The number of nitrogens with one attached hydrogen (secondary N) is 1. The van der Waals surface area contributed by atoms with E-state index in [-0.39, 0.29) is 22.0 Å². The van der Waals surface area contributed by atoms with E-state index in [2.05, 4.69) is 5.32 Å². The van der Waals surface area contributed by atoms with Crippen LogP contribution >= 0.6 is 11.8 Å². The van der Waals surface area contributed by atoms with Gasteiger partial charge in [-0.2, -0.15) is 13.2 Å². The smallest absolute Gasteiger partial charge is 0.417 e. The van der Waals surface area contributed by atoms with Crippen molar-refractivity contribution in [1.82, 2.24) is 5.32 Å². The van der Waals surface area contributed by atoms with Gasteiger partial charge in [0.05, 0.1) is 10.5 Å². The molecule has 8 heteroatoms. The topological polar surface area (TPSA) is 59.3 Å². The third kappa shape index (κ3) is 3.16. The molecule has 0 bridgehead atoms. The van der Waals surface area contributed by atoms with Crippen molar-refractivity contribution in [2.24, 2.45) is 0 Å². The van der Waals surface area contributed by atoms with E-state index in [1.54, 1.807) is 0 Å². The van der Waals surface area contributed by atoms with Gasteiger partial charge in [0.25, 0.3) is 11.1 Å². The molecule has 1 N–H and O–H groups in total. The number of carbonyl (C=O) groups is 2. The molecule has 0 spiro atoms. The van der Waals surface area contributed by atoms with E-state index in [0.29, 0.717) is 11.8 Å². The number of benzene rings is 1. The quantitative estimate of drug-likeness (QED) is 0.829. The summed E-state index contributed by atoms with van der Waals surface area (Å²) in [5, 5.41) is 1.58. The average Bonchev–Trinajstić information content (AvgIpc) is 3.05. The third-order valence-corrected chi connectivity index (χ3v) is 3.85. The summed E-state index contributed by atoms with van der Waals surface area (Å²) in [4.78, 5) is 22.6. The molecule has 2 heterocycles. The second-order valence-electron chi connectivity index (χ2n) is 4.60. The minimum absolute atomic E-state index is 0.0273. The lowest BCUT2D eigenvalue weighted by molar-refractivity contribution is -0.137. The van der Waals surface area contributed by atoms with E-state index in [1.807, 2.05) is 0 Å². The highest BCUT2D eigenvalue weighted by Gasteiger charge is 2.34. The molecule has 0 aliphatic carbocycles. The fourth-order valence-corrected chi connectivity index (χ4v) is 2.73. The Balaban J connectivity index is 1.96. The molecule has 1 aromatic carbocycles. The van der Waals surface area contributed by atoms with Crippen LogP contribution in [0.25, 0.3) is 17.4 Å². The molecule has 118 valence electrons. The van der Waals surface area contributed by atoms with Gasteiger partial charge >= 0.3 is 6.18 Å². The number of hydrogen-bond donors (Lipinski definition) is 1. The number of hydrogen-bond acceptors (Lipinski definition) is 4. The first kappa shape index (κ1) is 15.4. The van der Waals surface area contributed by atoms with Gasteiger partial charge in [-0.25, -0.2) is 0 Å². The molecule has 1 fully saturated rings. The molecule has 0 saturated carbocycles. The average molecular weight is 339 g/mol. The van der Waals surface area contributed by atoms with E-state index < -0.39 is 22.9 Å². The van der Waals surface area contributed by atoms with Gasteiger partial charge in [-0.05, 0) is 30.0 Å². The standard InChI is InChI=1S/C15H8F3NO3S/c16-15(17,18)10-4-2-1-3-9(10)11-6-5-8(22-11)7-12-13(20)19-14(21)23-12/h1-7H,(H,19,20,21)/b12-7-. The third-order valence-electron chi connectivity index (χ3n) is 3.04. The van der Waals surface area contributed by atoms with Crippen LogP contribution in [0.1, 0.15) is 11.3 Å². The maximum Gasteiger partial charge on any atom is 0.417 e. The van der Waals surface area contributed by atoms with Gasteiger partial charge in [0.2, 0.25) is 0 Å². The van der Waals surface area contributed by atoms with Crippen LogP contribution in [0.3, 0.4) is 0 Å². The van der Waals surface area contributed by atoms with Crippen molar-refractivity contribution in [2.45, 2.75) is 6.18 Å². The molecular weight excluding hydrogens is 331 g/mol. The Bertz CT molecular complexity index is 823. The summed E-state index contributed by atoms with van der Waals surface area (Å²) in [5.41, 5.74) is -0.902. The van der Waals surface area contributed by atoms with Crippen molar-refractivity contribution in [3.63, 3.8) is 0 Å². The zero-order valence-electron chi connectivity index (χ0n) is 11.3. The van der Waals surface area contributed by atoms with Crippen LogP contribution in [0, 0.1) is 0 Å². The number of alkyl halides is 3. The molecule has 3 rings (SSSR count). The second kappa shape index (κ2) is 5.62. The number of amides is 2. The van der Waals surface area contributed by atoms with Crippen molar-refractivity contribution in [1.29, 1.82) is 0 Å². The van der Waals surface area contributed by atoms with Crippen LogP contribution in [0.2, 0.25) is 0 Å². The highest BCUT2D eigenvalue weighted by atomic mass is 32.2. The number of thioether (sulfide) groups is 1. The van der Waals surface area contributed by atoms with E-state index in [0.717, 1.165) is 6.07 Å². The lowest BCUT2D eigenvalue weighted by Crippen LogP contribution is -2.17. The molecule has 1 aromatic heterocycles. The molecule has 2 amide bonds. The maximum atomic E-state index is 13.0. The van der Waals surface area contributed by atoms with E-state index in [4.69, 9.17) is 4.42 Å². The SMILES string of the molecule is O=C1NC(=O)/C(=C/c2ccc(-c3ccccc3C(F)(F)F)o2)S1. The predicted molar refractivity (Wildman–Crippen MR) is 78.3 cm³/mol. The number of furan rings is 1. The maximum absolute atomic E-state index is 13.0. The summed E-state index contributed by atoms with van der Waals surface area (Å²) in [6, 6.07) is 7.87. The molecule has 23 heavy (non-hydrogen) atoms. The fraction of sp³-hybridized carbons (Fsp3) is 0.0667. The van der Waals surface area contributed by atoms with Gasteiger partial charge in [0, 0.05) is 11.6 Å². The Morgan fingerprint density at radius 1 is 1.09 bits per heavy atom. The van der Waals surface area contributed by atoms with E-state index >= 15 is 0 Å². The van der Waals surface area contributed by atoms with Gasteiger partial charge in [-0.1, -0.05) is 18.2 Å². The van der Waals surface area contributed by atoms with Crippen molar-refractivity contribution in [2.75, 3.05) is 0 Å². The Kier molecular flexibility index (Phi) is 3.77. The molecule has 1 saturated heterocycles. The highest BCUT2D eigenvalue weighted by Crippen LogP contribution is 2.38. The number of halogens is 3. The van der Waals surface area contributed by atoms with Crippen molar-refractivity contribution in [3.8, 4) is 11.3 Å². The minimum atomic E-state index is -4.50. The van der Waals surface area contributed by atoms with E-state index in [9.17, 15) is 22.8 Å². The van der Waals surface area contributed by atoms with Crippen LogP contribution in [0.5, 0.6) is 0 Å². The summed E-state index contributed by atoms with van der Waals surface area (Å²) in [7, 11) is 0. The molecule has 4 nitrogen and oxygen atoms in total. The van der Waals surface area contributed by atoms with Crippen LogP contribution in [0.15, 0.2) is 45.7 Å². The molecule has 0 unspecified atom stereocenters. The van der Waals surface area contributed by atoms with Gasteiger partial charge in [0.1, 0.15) is 11.5 Å². The summed E-state index contributed by atoms with van der Waals surface area (Å²) in [5.74, 6) is -0.350. The largest absolute Gasteiger partial charge is 0.457 e. The van der Waals surface area contributed by atoms with Gasteiger partial charge in [-0.15, -0.1) is 0 Å². The Labute approximate surface area is 132 Å². The summed E-state index contributed by atoms with van der Waals surface area (Å²) in [6.07, 6.45) is -3.19. The normalized spacial score (nSPS) is 16.9. The van der Waals surface area contributed by atoms with Gasteiger partial charge in [0.15, 0.2) is 0 Å². The first-order valence-corrected chi connectivity index (χ1v) is 7.17. The predicted octanol–water partition coefficient (Wildman–Crippen LogP) is 4.29. The lowest BCUT2D eigenvalue weighted by atomic mass is 10.1. The molecule has 1 aliphatic rings. The summed E-state index contributed by atoms with van der Waals surface area (Å²) >= 11 is 0.703. The fourth-order valence-electron chi connectivity index (χ4n) is 2.07. The first-order valence-electron chi connectivity index (χ1n) is 6.36. The Morgan fingerprint density at radius 3 is 2.48 bits per heavy atom. The minimum Gasteiger partial charge on any atom is -0.457 e. The van der Waals surface area contributed by atoms with Crippen molar-refractivity contribution in [3.05, 3.63) is 52.6 Å². The number of imide groups is 1. The molecule has 2 aromatic rings. The Hall–Kier alpha value is -2.48. The molecule has 0 atom stereocenters. The molecular formula is C15H8F3NO3S. The van der Waals surface area contributed by atoms with Crippen LogP contribution in [0.4, 0.5) is 18.0 Å². The second-order valence-corrected chi connectivity index (χ2v) is 5.61. The molecule has 1 aliphatic heterocycles. The molecule has 0 radical (unpaired) electrons. The number of carbonyl (C=O) groups excluding carboxylic acids is 2. The van der Waals surface area contributed by atoms with Crippen LogP contribution < -0.4 is 5.32 Å². The van der Waals surface area contributed by atoms with Gasteiger partial charge in [-0.3, -0.25) is 14.9 Å². The number of rotatable bonds is 2. The zero-order chi connectivity index (χ0) is 16.6. The van der Waals surface area contributed by atoms with Crippen LogP contribution in [-0.2, 0) is 11.0 Å². The first-order chi connectivity index (χ1) is 10.8. The summed E-state index contributed by atoms with van der Waals surface area (Å²) < 4.78 is 44.4.